The van der Waals surface area contributed by atoms with Crippen LogP contribution in [0, 0.1) is 17.0 Å². The second kappa shape index (κ2) is 5.12. The van der Waals surface area contributed by atoms with E-state index in [9.17, 15) is 24.8 Å². The zero-order valence-electron chi connectivity index (χ0n) is 14.0. The molecular formula is C18H15N3O5. The summed E-state index contributed by atoms with van der Waals surface area (Å²) in [6.45, 7) is 1.63. The fourth-order valence-corrected chi connectivity index (χ4v) is 3.98. The predicted molar refractivity (Wildman–Crippen MR) is 93.0 cm³/mol. The van der Waals surface area contributed by atoms with Crippen molar-refractivity contribution in [3.63, 3.8) is 0 Å². The Labute approximate surface area is 148 Å². The first-order valence-corrected chi connectivity index (χ1v) is 7.96. The number of fused-ring (bicyclic) bond motifs is 2. The third kappa shape index (κ3) is 1.87. The monoisotopic (exact) mass is 353 g/mol. The summed E-state index contributed by atoms with van der Waals surface area (Å²) in [6, 6.07) is 9.30. The molecule has 8 heteroatoms. The van der Waals surface area contributed by atoms with Gasteiger partial charge in [-0.3, -0.25) is 19.7 Å². The lowest BCUT2D eigenvalue weighted by Gasteiger charge is -2.27. The lowest BCUT2D eigenvalue weighted by Crippen LogP contribution is -2.45. The van der Waals surface area contributed by atoms with E-state index in [1.165, 1.54) is 24.1 Å². The molecule has 0 aliphatic carbocycles. The Balaban J connectivity index is 2.00. The lowest BCUT2D eigenvalue weighted by atomic mass is 9.78. The van der Waals surface area contributed by atoms with Crippen LogP contribution in [0.3, 0.4) is 0 Å². The zero-order valence-corrected chi connectivity index (χ0v) is 14.0. The van der Waals surface area contributed by atoms with Crippen molar-refractivity contribution >= 4 is 28.9 Å². The summed E-state index contributed by atoms with van der Waals surface area (Å²) >= 11 is 0. The van der Waals surface area contributed by atoms with Crippen LogP contribution in [0.25, 0.3) is 0 Å². The van der Waals surface area contributed by atoms with Crippen LogP contribution in [0.5, 0.6) is 0 Å². The molecule has 2 N–H and O–H groups in total. The summed E-state index contributed by atoms with van der Waals surface area (Å²) in [6.07, 6.45) is 0. The number of likely N-dealkylation sites (N-methyl/N-ethyl adjacent to an activating group) is 1. The Morgan fingerprint density at radius 2 is 1.96 bits per heavy atom. The Bertz CT molecular complexity index is 1000. The van der Waals surface area contributed by atoms with Gasteiger partial charge in [0.1, 0.15) is 5.92 Å². The number of rotatable bonds is 2. The number of nitro groups is 1. The number of aryl methyl sites for hydroxylation is 1. The number of nitrogens with one attached hydrogen (secondary N) is 1. The number of carbonyl (C=O) groups excluding carboxylic acids is 2. The summed E-state index contributed by atoms with van der Waals surface area (Å²) in [5.41, 5.74) is -0.505. The number of amides is 2. The number of hydrogen-bond acceptors (Lipinski definition) is 5. The largest absolute Gasteiger partial charge is 0.374 e. The molecule has 2 aliphatic rings. The minimum Gasteiger partial charge on any atom is -0.374 e. The zero-order chi connectivity index (χ0) is 18.8. The fraction of sp³-hybridized carbons (Fsp3) is 0.222. The number of benzene rings is 2. The summed E-state index contributed by atoms with van der Waals surface area (Å²) in [4.78, 5) is 37.5. The molecule has 0 aromatic heterocycles. The third-order valence-corrected chi connectivity index (χ3v) is 5.08. The molecule has 2 amide bonds. The first kappa shape index (κ1) is 16.2. The SMILES string of the molecule is Cc1cc([N+](=O)[O-])cc2c1N(C)C(=O)[C@]2(O)[C@@H]1C(=O)Nc2ccccc21. The predicted octanol–water partition coefficient (Wildman–Crippen LogP) is 1.80. The Morgan fingerprint density at radius 1 is 1.27 bits per heavy atom. The Kier molecular flexibility index (Phi) is 3.19. The third-order valence-electron chi connectivity index (χ3n) is 5.08. The number of non-ortho nitro benzene ring substituents is 1. The van der Waals surface area contributed by atoms with Gasteiger partial charge < -0.3 is 15.3 Å². The van der Waals surface area contributed by atoms with Crippen molar-refractivity contribution in [2.75, 3.05) is 17.3 Å². The maximum Gasteiger partial charge on any atom is 0.270 e. The van der Waals surface area contributed by atoms with Gasteiger partial charge in [-0.15, -0.1) is 0 Å². The Morgan fingerprint density at radius 3 is 2.65 bits per heavy atom. The highest BCUT2D eigenvalue weighted by Gasteiger charge is 2.59. The molecule has 0 saturated heterocycles. The van der Waals surface area contributed by atoms with Gasteiger partial charge in [0, 0.05) is 30.4 Å². The van der Waals surface area contributed by atoms with Crippen LogP contribution in [-0.2, 0) is 15.2 Å². The van der Waals surface area contributed by atoms with Crippen LogP contribution in [-0.4, -0.2) is 28.9 Å². The number of aliphatic hydroxyl groups is 1. The smallest absolute Gasteiger partial charge is 0.270 e. The van der Waals surface area contributed by atoms with Gasteiger partial charge in [0.05, 0.1) is 10.6 Å². The van der Waals surface area contributed by atoms with E-state index < -0.39 is 28.3 Å². The molecule has 0 radical (unpaired) electrons. The van der Waals surface area contributed by atoms with E-state index in [2.05, 4.69) is 5.32 Å². The number of nitrogens with zero attached hydrogens (tertiary/aromatic N) is 2. The maximum atomic E-state index is 13.0. The second-order valence-electron chi connectivity index (χ2n) is 6.56. The molecule has 0 unspecified atom stereocenters. The summed E-state index contributed by atoms with van der Waals surface area (Å²) in [5.74, 6) is -2.39. The lowest BCUT2D eigenvalue weighted by molar-refractivity contribution is -0.385. The van der Waals surface area contributed by atoms with Crippen LogP contribution in [0.2, 0.25) is 0 Å². The van der Waals surface area contributed by atoms with E-state index >= 15 is 0 Å². The van der Waals surface area contributed by atoms with Gasteiger partial charge in [-0.1, -0.05) is 18.2 Å². The molecule has 8 nitrogen and oxygen atoms in total. The first-order valence-electron chi connectivity index (χ1n) is 7.96. The topological polar surface area (TPSA) is 113 Å². The summed E-state index contributed by atoms with van der Waals surface area (Å²) in [5, 5.41) is 25.4. The second-order valence-corrected chi connectivity index (χ2v) is 6.56. The molecule has 2 heterocycles. The van der Waals surface area contributed by atoms with Crippen molar-refractivity contribution in [1.82, 2.24) is 0 Å². The van der Waals surface area contributed by atoms with Crippen molar-refractivity contribution in [3.05, 3.63) is 63.2 Å². The van der Waals surface area contributed by atoms with Crippen LogP contribution in [0.1, 0.15) is 22.6 Å². The maximum absolute atomic E-state index is 13.0. The van der Waals surface area contributed by atoms with Crippen LogP contribution in [0.15, 0.2) is 36.4 Å². The molecule has 132 valence electrons. The van der Waals surface area contributed by atoms with Gasteiger partial charge in [-0.2, -0.15) is 0 Å². The number of nitro benzene ring substituents is 1. The van der Waals surface area contributed by atoms with E-state index in [0.29, 0.717) is 22.5 Å². The van der Waals surface area contributed by atoms with Crippen LogP contribution >= 0.6 is 0 Å². The minimum absolute atomic E-state index is 0.0774. The number of para-hydroxylation sites is 1. The molecule has 0 saturated carbocycles. The highest BCUT2D eigenvalue weighted by molar-refractivity contribution is 6.15. The van der Waals surface area contributed by atoms with Crippen LogP contribution in [0.4, 0.5) is 17.1 Å². The Hall–Kier alpha value is -3.26. The van der Waals surface area contributed by atoms with Gasteiger partial charge in [-0.05, 0) is 24.1 Å². The fourth-order valence-electron chi connectivity index (χ4n) is 3.98. The number of carbonyl (C=O) groups is 2. The molecule has 4 rings (SSSR count). The van der Waals surface area contributed by atoms with Gasteiger partial charge in [0.25, 0.3) is 11.6 Å². The quantitative estimate of drug-likeness (QED) is 0.631. The average Bonchev–Trinajstić information content (AvgIpc) is 3.03. The number of anilines is 2. The van der Waals surface area contributed by atoms with E-state index in [-0.39, 0.29) is 11.3 Å². The van der Waals surface area contributed by atoms with Gasteiger partial charge >= 0.3 is 0 Å². The van der Waals surface area contributed by atoms with Crippen molar-refractivity contribution in [2.24, 2.45) is 0 Å². The highest BCUT2D eigenvalue weighted by Crippen LogP contribution is 2.53. The number of hydrogen-bond donors (Lipinski definition) is 2. The van der Waals surface area contributed by atoms with Gasteiger partial charge in [0.2, 0.25) is 5.91 Å². The molecule has 2 aliphatic heterocycles. The van der Waals surface area contributed by atoms with Crippen LogP contribution < -0.4 is 10.2 Å². The van der Waals surface area contributed by atoms with Crippen molar-refractivity contribution in [3.8, 4) is 0 Å². The first-order chi connectivity index (χ1) is 12.3. The molecule has 0 bridgehead atoms. The standard InChI is InChI=1S/C18H15N3O5/c1-9-7-10(21(25)26)8-12-15(9)20(2)17(23)18(12,24)14-11-5-3-4-6-13(11)19-16(14)22/h3-8,14,24H,1-2H3,(H,19,22)/t14-,18+/m0/s1. The van der Waals surface area contributed by atoms with E-state index in [0.717, 1.165) is 0 Å². The molecule has 2 aromatic rings. The van der Waals surface area contributed by atoms with Crippen molar-refractivity contribution < 1.29 is 19.6 Å². The molecular weight excluding hydrogens is 338 g/mol. The average molecular weight is 353 g/mol. The molecule has 2 aromatic carbocycles. The van der Waals surface area contributed by atoms with E-state index in [1.807, 2.05) is 0 Å². The van der Waals surface area contributed by atoms with Crippen molar-refractivity contribution in [1.29, 1.82) is 0 Å². The van der Waals surface area contributed by atoms with Gasteiger partial charge in [0.15, 0.2) is 5.60 Å². The van der Waals surface area contributed by atoms with Gasteiger partial charge in [-0.25, -0.2) is 0 Å². The van der Waals surface area contributed by atoms with E-state index in [4.69, 9.17) is 0 Å². The minimum atomic E-state index is -2.21. The normalized spacial score (nSPS) is 23.7. The molecule has 2 atom stereocenters. The molecule has 0 spiro atoms. The summed E-state index contributed by atoms with van der Waals surface area (Å²) < 4.78 is 0. The summed E-state index contributed by atoms with van der Waals surface area (Å²) in [7, 11) is 1.48. The van der Waals surface area contributed by atoms with Crippen molar-refractivity contribution in [2.45, 2.75) is 18.4 Å². The highest BCUT2D eigenvalue weighted by atomic mass is 16.6. The molecule has 26 heavy (non-hydrogen) atoms. The van der Waals surface area contributed by atoms with E-state index in [1.54, 1.807) is 31.2 Å². The molecule has 0 fully saturated rings.